The number of benzene rings is 2. The molecule has 25 heavy (non-hydrogen) atoms. The average molecular weight is 359 g/mol. The fourth-order valence-electron chi connectivity index (χ4n) is 2.81. The minimum absolute atomic E-state index is 0.855. The van der Waals surface area contributed by atoms with Crippen LogP contribution in [-0.2, 0) is 0 Å². The molecule has 0 aliphatic rings. The fraction of sp³-hybridized carbons (Fsp3) is 0. The molecule has 5 heteroatoms. The highest BCUT2D eigenvalue weighted by molar-refractivity contribution is 7.19. The van der Waals surface area contributed by atoms with E-state index in [-0.39, 0.29) is 0 Å². The van der Waals surface area contributed by atoms with Crippen molar-refractivity contribution in [2.24, 2.45) is 0 Å². The number of nitrogens with zero attached hydrogens (tertiary/aromatic N) is 2. The van der Waals surface area contributed by atoms with Gasteiger partial charge in [-0.05, 0) is 41.8 Å². The Kier molecular flexibility index (Phi) is 3.47. The van der Waals surface area contributed by atoms with E-state index in [1.54, 1.807) is 22.7 Å². The Morgan fingerprint density at radius 2 is 1.72 bits per heavy atom. The number of hydrogen-bond acceptors (Lipinski definition) is 4. The van der Waals surface area contributed by atoms with Gasteiger partial charge in [0.15, 0.2) is 0 Å². The number of aromatic nitrogens is 3. The summed E-state index contributed by atoms with van der Waals surface area (Å²) >= 11 is 3.41. The van der Waals surface area contributed by atoms with Crippen LogP contribution in [0.1, 0.15) is 15.7 Å². The van der Waals surface area contributed by atoms with Crippen LogP contribution in [0.4, 0.5) is 0 Å². The van der Waals surface area contributed by atoms with Crippen molar-refractivity contribution in [2.75, 3.05) is 0 Å². The molecular weight excluding hydrogens is 346 g/mol. The number of H-pyrrole nitrogens is 1. The zero-order valence-electron chi connectivity index (χ0n) is 13.1. The van der Waals surface area contributed by atoms with Gasteiger partial charge in [0, 0.05) is 4.88 Å². The van der Waals surface area contributed by atoms with Crippen LogP contribution < -0.4 is 0 Å². The van der Waals surface area contributed by atoms with E-state index >= 15 is 0 Å². The first-order valence-electron chi connectivity index (χ1n) is 7.93. The molecule has 0 bridgehead atoms. The van der Waals surface area contributed by atoms with E-state index in [0.29, 0.717) is 0 Å². The molecule has 0 atom stereocenters. The summed E-state index contributed by atoms with van der Waals surface area (Å²) in [5, 5.41) is 3.06. The van der Waals surface area contributed by atoms with Crippen LogP contribution in [0.5, 0.6) is 0 Å². The zero-order chi connectivity index (χ0) is 16.6. The van der Waals surface area contributed by atoms with Crippen LogP contribution in [0.2, 0.25) is 0 Å². The summed E-state index contributed by atoms with van der Waals surface area (Å²) in [7, 11) is 0. The minimum Gasteiger partial charge on any atom is -0.338 e. The number of aromatic amines is 1. The SMILES string of the molecule is C(=C(/c1nc2ccccc2[nH]1)c1nc2ccccc2s1)/c1cccs1. The van der Waals surface area contributed by atoms with Gasteiger partial charge in [-0.2, -0.15) is 0 Å². The van der Waals surface area contributed by atoms with Crippen molar-refractivity contribution in [3.05, 3.63) is 81.8 Å². The Morgan fingerprint density at radius 3 is 2.52 bits per heavy atom. The molecule has 0 spiro atoms. The second-order valence-corrected chi connectivity index (χ2v) is 7.67. The third-order valence-corrected chi connectivity index (χ3v) is 5.89. The lowest BCUT2D eigenvalue weighted by Gasteiger charge is -2.00. The van der Waals surface area contributed by atoms with E-state index in [2.05, 4.69) is 40.7 Å². The summed E-state index contributed by atoms with van der Waals surface area (Å²) in [5.74, 6) is 0.855. The predicted molar refractivity (Wildman–Crippen MR) is 107 cm³/mol. The lowest BCUT2D eigenvalue weighted by atomic mass is 10.2. The highest BCUT2D eigenvalue weighted by Crippen LogP contribution is 2.32. The summed E-state index contributed by atoms with van der Waals surface area (Å²) in [5.41, 5.74) is 4.06. The Balaban J connectivity index is 1.73. The maximum absolute atomic E-state index is 4.84. The number of hydrogen-bond donors (Lipinski definition) is 1. The van der Waals surface area contributed by atoms with Gasteiger partial charge in [0.2, 0.25) is 0 Å². The maximum Gasteiger partial charge on any atom is 0.141 e. The molecule has 0 unspecified atom stereocenters. The van der Waals surface area contributed by atoms with Crippen LogP contribution in [0.25, 0.3) is 32.9 Å². The Hall–Kier alpha value is -2.76. The molecule has 120 valence electrons. The summed E-state index contributed by atoms with van der Waals surface area (Å²) in [6.45, 7) is 0. The number of nitrogens with one attached hydrogen (secondary N) is 1. The predicted octanol–water partition coefficient (Wildman–Crippen LogP) is 5.82. The molecule has 0 saturated carbocycles. The summed E-state index contributed by atoms with van der Waals surface area (Å²) in [4.78, 5) is 14.3. The quantitative estimate of drug-likeness (QED) is 0.441. The van der Waals surface area contributed by atoms with Gasteiger partial charge >= 0.3 is 0 Å². The zero-order valence-corrected chi connectivity index (χ0v) is 14.8. The smallest absolute Gasteiger partial charge is 0.141 e. The summed E-state index contributed by atoms with van der Waals surface area (Å²) in [6, 6.07) is 20.5. The Labute approximate surface area is 152 Å². The van der Waals surface area contributed by atoms with E-state index < -0.39 is 0 Å². The molecular formula is C20H13N3S2. The topological polar surface area (TPSA) is 41.6 Å². The van der Waals surface area contributed by atoms with Gasteiger partial charge in [0.1, 0.15) is 10.8 Å². The lowest BCUT2D eigenvalue weighted by Crippen LogP contribution is -1.89. The number of thiophene rings is 1. The molecule has 0 radical (unpaired) electrons. The first-order valence-corrected chi connectivity index (χ1v) is 9.63. The van der Waals surface area contributed by atoms with Gasteiger partial charge < -0.3 is 4.98 Å². The third-order valence-electron chi connectivity index (χ3n) is 4.00. The first-order chi connectivity index (χ1) is 12.4. The van der Waals surface area contributed by atoms with E-state index in [1.807, 2.05) is 36.4 Å². The van der Waals surface area contributed by atoms with Crippen molar-refractivity contribution in [3.8, 4) is 0 Å². The number of para-hydroxylation sites is 3. The van der Waals surface area contributed by atoms with Gasteiger partial charge in [0.05, 0.1) is 26.8 Å². The normalized spacial score (nSPS) is 12.2. The first kappa shape index (κ1) is 14.6. The number of thiazole rings is 1. The van der Waals surface area contributed by atoms with Crippen molar-refractivity contribution < 1.29 is 0 Å². The van der Waals surface area contributed by atoms with Crippen LogP contribution in [0.15, 0.2) is 66.0 Å². The molecule has 3 aromatic heterocycles. The van der Waals surface area contributed by atoms with E-state index in [9.17, 15) is 0 Å². The average Bonchev–Trinajstić information content (AvgIpc) is 3.37. The second kappa shape index (κ2) is 5.95. The maximum atomic E-state index is 4.84. The highest BCUT2D eigenvalue weighted by Gasteiger charge is 2.15. The molecule has 2 aromatic carbocycles. The molecule has 1 N–H and O–H groups in total. The number of imidazole rings is 1. The second-order valence-electron chi connectivity index (χ2n) is 5.66. The third kappa shape index (κ3) is 2.67. The fourth-order valence-corrected chi connectivity index (χ4v) is 4.45. The highest BCUT2D eigenvalue weighted by atomic mass is 32.1. The monoisotopic (exact) mass is 359 g/mol. The Morgan fingerprint density at radius 1 is 0.880 bits per heavy atom. The van der Waals surface area contributed by atoms with Gasteiger partial charge in [-0.25, -0.2) is 9.97 Å². The van der Waals surface area contributed by atoms with Crippen LogP contribution in [-0.4, -0.2) is 15.0 Å². The van der Waals surface area contributed by atoms with E-state index in [0.717, 1.165) is 33.0 Å². The van der Waals surface area contributed by atoms with E-state index in [4.69, 9.17) is 9.97 Å². The summed E-state index contributed by atoms with van der Waals surface area (Å²) in [6.07, 6.45) is 2.17. The number of rotatable bonds is 3. The molecule has 5 aromatic rings. The standard InChI is InChI=1S/C20H13N3S2/c1-2-8-16-15(7-1)21-19(22-16)14(12-13-6-5-11-24-13)20-23-17-9-3-4-10-18(17)25-20/h1-12H,(H,21,22)/b14-12+. The van der Waals surface area contributed by atoms with Gasteiger partial charge in [-0.3, -0.25) is 0 Å². The van der Waals surface area contributed by atoms with Crippen LogP contribution in [0, 0.1) is 0 Å². The summed E-state index contributed by atoms with van der Waals surface area (Å²) < 4.78 is 1.19. The van der Waals surface area contributed by atoms with Gasteiger partial charge in [0.25, 0.3) is 0 Å². The number of fused-ring (bicyclic) bond motifs is 2. The molecule has 0 fully saturated rings. The molecule has 0 saturated heterocycles. The van der Waals surface area contributed by atoms with Gasteiger partial charge in [-0.15, -0.1) is 22.7 Å². The lowest BCUT2D eigenvalue weighted by molar-refractivity contribution is 1.26. The largest absolute Gasteiger partial charge is 0.338 e. The van der Waals surface area contributed by atoms with Crippen molar-refractivity contribution in [1.29, 1.82) is 0 Å². The molecule has 0 aliphatic heterocycles. The molecule has 3 nitrogen and oxygen atoms in total. The van der Waals surface area contributed by atoms with Crippen molar-refractivity contribution in [1.82, 2.24) is 15.0 Å². The molecule has 5 rings (SSSR count). The Bertz CT molecular complexity index is 1050. The van der Waals surface area contributed by atoms with Crippen LogP contribution in [0.3, 0.4) is 0 Å². The van der Waals surface area contributed by atoms with E-state index in [1.165, 1.54) is 9.58 Å². The molecule has 0 amide bonds. The minimum atomic E-state index is 0.855. The van der Waals surface area contributed by atoms with Crippen molar-refractivity contribution >= 4 is 55.6 Å². The van der Waals surface area contributed by atoms with Crippen molar-refractivity contribution in [2.45, 2.75) is 0 Å². The van der Waals surface area contributed by atoms with Crippen molar-refractivity contribution in [3.63, 3.8) is 0 Å². The van der Waals surface area contributed by atoms with Gasteiger partial charge in [-0.1, -0.05) is 30.3 Å². The van der Waals surface area contributed by atoms with Crippen LogP contribution >= 0.6 is 22.7 Å². The molecule has 0 aliphatic carbocycles. The molecule has 3 heterocycles.